The largest absolute Gasteiger partial charge is 0.490 e. The Balaban J connectivity index is 0.000000298. The summed E-state index contributed by atoms with van der Waals surface area (Å²) in [6.45, 7) is 2.80. The third kappa shape index (κ3) is 4.93. The van der Waals surface area contributed by atoms with Gasteiger partial charge in [0, 0.05) is 50.0 Å². The van der Waals surface area contributed by atoms with E-state index in [1.807, 2.05) is 23.5 Å². The molecule has 0 radical (unpaired) electrons. The van der Waals surface area contributed by atoms with Crippen molar-refractivity contribution in [3.63, 3.8) is 0 Å². The summed E-state index contributed by atoms with van der Waals surface area (Å²) in [6.07, 6.45) is 2.36. The lowest BCUT2D eigenvalue weighted by Crippen LogP contribution is -2.39. The van der Waals surface area contributed by atoms with Crippen LogP contribution in [0.25, 0.3) is 0 Å². The van der Waals surface area contributed by atoms with E-state index in [2.05, 4.69) is 15.0 Å². The summed E-state index contributed by atoms with van der Waals surface area (Å²) in [5, 5.41) is 14.4. The molecule has 0 aliphatic carbocycles. The minimum atomic E-state index is -5.08. The number of fused-ring (bicyclic) bond motifs is 1. The number of aliphatic carboxylic acids is 1. The topological polar surface area (TPSA) is 91.6 Å². The molecular weight excluding hydrogens is 411 g/mol. The van der Waals surface area contributed by atoms with Crippen LogP contribution in [0.15, 0.2) is 24.0 Å². The molecule has 12 heteroatoms. The van der Waals surface area contributed by atoms with Crippen molar-refractivity contribution in [3.8, 4) is 0 Å². The van der Waals surface area contributed by atoms with Crippen LogP contribution in [0, 0.1) is 0 Å². The average Bonchev–Trinajstić information content (AvgIpc) is 3.41. The van der Waals surface area contributed by atoms with Gasteiger partial charge >= 0.3 is 12.1 Å². The van der Waals surface area contributed by atoms with E-state index < -0.39 is 12.1 Å². The summed E-state index contributed by atoms with van der Waals surface area (Å²) in [5.41, 5.74) is 0.696. The Bertz CT molecular complexity index is 855. The van der Waals surface area contributed by atoms with Gasteiger partial charge < -0.3 is 10.0 Å². The number of carbonyl (C=O) groups excluding carboxylic acids is 1. The van der Waals surface area contributed by atoms with Gasteiger partial charge in [-0.2, -0.15) is 18.3 Å². The quantitative estimate of drug-likeness (QED) is 0.799. The number of likely N-dealkylation sites (tertiary alicyclic amines) is 2. The van der Waals surface area contributed by atoms with E-state index in [0.717, 1.165) is 37.5 Å². The standard InChI is InChI=1S/C15H19N5OS.C2HF3O2/c1-18-9-11(8-17-18)15(21)20-6-3-12-13(20)2-5-19(12)10-14-16-4-7-22-14;3-2(4,5)1(6)7/h4,7-9,12-13H,2-3,5-6,10H2,1H3;(H,6,7)/t12-,13+;/m1./s1. The summed E-state index contributed by atoms with van der Waals surface area (Å²) >= 11 is 1.71. The highest BCUT2D eigenvalue weighted by atomic mass is 32.1. The van der Waals surface area contributed by atoms with E-state index in [4.69, 9.17) is 9.90 Å². The Labute approximate surface area is 168 Å². The second kappa shape index (κ2) is 8.49. The Morgan fingerprint density at radius 3 is 2.52 bits per heavy atom. The first-order chi connectivity index (χ1) is 13.7. The van der Waals surface area contributed by atoms with Crippen molar-refractivity contribution in [2.45, 2.75) is 37.6 Å². The molecule has 2 aliphatic rings. The fourth-order valence-electron chi connectivity index (χ4n) is 3.73. The maximum Gasteiger partial charge on any atom is 0.490 e. The number of hydrogen-bond acceptors (Lipinski definition) is 6. The predicted octanol–water partition coefficient (Wildman–Crippen LogP) is 2.00. The van der Waals surface area contributed by atoms with Crippen LogP contribution in [-0.4, -0.2) is 72.9 Å². The molecule has 1 N–H and O–H groups in total. The van der Waals surface area contributed by atoms with E-state index in [0.29, 0.717) is 17.6 Å². The van der Waals surface area contributed by atoms with Crippen LogP contribution in [-0.2, 0) is 18.4 Å². The van der Waals surface area contributed by atoms with Crippen LogP contribution in [0.2, 0.25) is 0 Å². The molecule has 0 aromatic carbocycles. The lowest BCUT2D eigenvalue weighted by molar-refractivity contribution is -0.192. The third-order valence-electron chi connectivity index (χ3n) is 4.97. The Kier molecular flexibility index (Phi) is 6.22. The van der Waals surface area contributed by atoms with Gasteiger partial charge in [0.1, 0.15) is 5.01 Å². The minimum absolute atomic E-state index is 0.122. The number of thiazole rings is 1. The normalized spacial score (nSPS) is 21.6. The van der Waals surface area contributed by atoms with Crippen molar-refractivity contribution >= 4 is 23.2 Å². The number of carbonyl (C=O) groups is 2. The van der Waals surface area contributed by atoms with Gasteiger partial charge in [0.25, 0.3) is 5.91 Å². The molecule has 2 fully saturated rings. The lowest BCUT2D eigenvalue weighted by Gasteiger charge is -2.24. The zero-order valence-electron chi connectivity index (χ0n) is 15.5. The summed E-state index contributed by atoms with van der Waals surface area (Å²) in [7, 11) is 1.84. The fraction of sp³-hybridized carbons (Fsp3) is 0.529. The van der Waals surface area contributed by atoms with E-state index in [1.54, 1.807) is 28.4 Å². The monoisotopic (exact) mass is 431 g/mol. The van der Waals surface area contributed by atoms with Gasteiger partial charge in [0.2, 0.25) is 0 Å². The molecule has 2 aliphatic heterocycles. The zero-order valence-corrected chi connectivity index (χ0v) is 16.4. The number of rotatable bonds is 3. The van der Waals surface area contributed by atoms with Crippen LogP contribution < -0.4 is 0 Å². The van der Waals surface area contributed by atoms with Crippen LogP contribution in [0.1, 0.15) is 28.2 Å². The molecule has 0 saturated carbocycles. The molecule has 1 amide bonds. The van der Waals surface area contributed by atoms with Crippen molar-refractivity contribution in [3.05, 3.63) is 34.5 Å². The Morgan fingerprint density at radius 2 is 1.97 bits per heavy atom. The molecule has 8 nitrogen and oxygen atoms in total. The second-order valence-corrected chi connectivity index (χ2v) is 7.79. The number of amides is 1. The highest BCUT2D eigenvalue weighted by Gasteiger charge is 2.44. The van der Waals surface area contributed by atoms with Crippen molar-refractivity contribution in [1.29, 1.82) is 0 Å². The van der Waals surface area contributed by atoms with Gasteiger partial charge in [0.15, 0.2) is 0 Å². The van der Waals surface area contributed by atoms with Crippen LogP contribution in [0.3, 0.4) is 0 Å². The summed E-state index contributed by atoms with van der Waals surface area (Å²) < 4.78 is 33.4. The predicted molar refractivity (Wildman–Crippen MR) is 97.3 cm³/mol. The molecule has 158 valence electrons. The van der Waals surface area contributed by atoms with Crippen molar-refractivity contribution in [1.82, 2.24) is 24.6 Å². The van der Waals surface area contributed by atoms with Gasteiger partial charge in [-0.25, -0.2) is 9.78 Å². The summed E-state index contributed by atoms with van der Waals surface area (Å²) in [4.78, 5) is 30.5. The molecule has 29 heavy (non-hydrogen) atoms. The molecule has 2 aromatic heterocycles. The van der Waals surface area contributed by atoms with Gasteiger partial charge in [-0.05, 0) is 12.8 Å². The van der Waals surface area contributed by atoms with Gasteiger partial charge in [-0.1, -0.05) is 0 Å². The fourth-order valence-corrected chi connectivity index (χ4v) is 4.37. The molecule has 2 atom stereocenters. The number of aromatic nitrogens is 3. The highest BCUT2D eigenvalue weighted by Crippen LogP contribution is 2.33. The number of carboxylic acid groups (broad SMARTS) is 1. The van der Waals surface area contributed by atoms with Crippen molar-refractivity contribution in [2.75, 3.05) is 13.1 Å². The van der Waals surface area contributed by atoms with Gasteiger partial charge in [0.05, 0.1) is 18.3 Å². The van der Waals surface area contributed by atoms with E-state index in [-0.39, 0.29) is 5.91 Å². The smallest absolute Gasteiger partial charge is 0.475 e. The molecular formula is C17H20F3N5O3S. The van der Waals surface area contributed by atoms with Crippen LogP contribution >= 0.6 is 11.3 Å². The second-order valence-electron chi connectivity index (χ2n) is 6.81. The summed E-state index contributed by atoms with van der Waals surface area (Å²) in [6, 6.07) is 0.817. The molecule has 2 aromatic rings. The first kappa shape index (κ1) is 21.2. The third-order valence-corrected chi connectivity index (χ3v) is 5.73. The number of nitrogens with zero attached hydrogens (tertiary/aromatic N) is 5. The SMILES string of the molecule is Cn1cc(C(=O)N2CC[C@@H]3[C@@H]2CCN3Cc2nccs2)cn1.O=C(O)C(F)(F)F. The van der Waals surface area contributed by atoms with Crippen LogP contribution in [0.4, 0.5) is 13.2 Å². The maximum atomic E-state index is 12.7. The Morgan fingerprint density at radius 1 is 1.28 bits per heavy atom. The molecule has 0 unspecified atom stereocenters. The molecule has 4 rings (SSSR count). The van der Waals surface area contributed by atoms with E-state index in [1.165, 1.54) is 0 Å². The first-order valence-electron chi connectivity index (χ1n) is 8.89. The zero-order chi connectivity index (χ0) is 21.2. The van der Waals surface area contributed by atoms with Crippen molar-refractivity contribution < 1.29 is 27.9 Å². The molecule has 4 heterocycles. The maximum absolute atomic E-state index is 12.7. The number of alkyl halides is 3. The average molecular weight is 431 g/mol. The van der Waals surface area contributed by atoms with E-state index in [9.17, 15) is 18.0 Å². The van der Waals surface area contributed by atoms with Gasteiger partial charge in [-0.15, -0.1) is 11.3 Å². The van der Waals surface area contributed by atoms with Gasteiger partial charge in [-0.3, -0.25) is 14.4 Å². The van der Waals surface area contributed by atoms with Crippen LogP contribution in [0.5, 0.6) is 0 Å². The molecule has 0 spiro atoms. The van der Waals surface area contributed by atoms with Crippen molar-refractivity contribution in [2.24, 2.45) is 7.05 Å². The lowest BCUT2D eigenvalue weighted by atomic mass is 10.1. The first-order valence-corrected chi connectivity index (χ1v) is 9.77. The Hall–Kier alpha value is -2.47. The number of aryl methyl sites for hydroxylation is 1. The summed E-state index contributed by atoms with van der Waals surface area (Å²) in [5.74, 6) is -2.64. The minimum Gasteiger partial charge on any atom is -0.475 e. The highest BCUT2D eigenvalue weighted by molar-refractivity contribution is 7.09. The van der Waals surface area contributed by atoms with E-state index >= 15 is 0 Å². The number of carboxylic acids is 1. The molecule has 0 bridgehead atoms. The number of hydrogen-bond donors (Lipinski definition) is 1. The molecule has 2 saturated heterocycles. The number of halogens is 3.